The number of hydrogen-bond acceptors (Lipinski definition) is 5. The van der Waals surface area contributed by atoms with Crippen LogP contribution in [-0.2, 0) is 29.2 Å². The third kappa shape index (κ3) is 6.57. The number of hydrogen-bond donors (Lipinski definition) is 2. The van der Waals surface area contributed by atoms with Crippen molar-refractivity contribution in [2.24, 2.45) is 11.7 Å². The van der Waals surface area contributed by atoms with Crippen molar-refractivity contribution >= 4 is 30.7 Å². The molecule has 7 nitrogen and oxygen atoms in total. The van der Waals surface area contributed by atoms with Gasteiger partial charge in [-0.25, -0.2) is 0 Å². The number of carbonyl (C=O) groups excluding carboxylic acids is 1. The number of nitrogens with zero attached hydrogens (tertiary/aromatic N) is 3. The molecule has 0 unspecified atom stereocenters. The second-order valence-corrected chi connectivity index (χ2v) is 6.26. The van der Waals surface area contributed by atoms with Gasteiger partial charge in [-0.05, 0) is 12.0 Å². The molecule has 0 bridgehead atoms. The van der Waals surface area contributed by atoms with Gasteiger partial charge >= 0.3 is 0 Å². The van der Waals surface area contributed by atoms with Crippen molar-refractivity contribution in [3.8, 4) is 0 Å². The Labute approximate surface area is 156 Å². The van der Waals surface area contributed by atoms with Crippen LogP contribution in [-0.4, -0.2) is 53.4 Å². The van der Waals surface area contributed by atoms with Gasteiger partial charge in [0, 0.05) is 26.7 Å². The summed E-state index contributed by atoms with van der Waals surface area (Å²) in [7, 11) is 1.53. The van der Waals surface area contributed by atoms with E-state index in [0.717, 1.165) is 31.9 Å². The fourth-order valence-corrected chi connectivity index (χ4v) is 2.70. The lowest BCUT2D eigenvalue weighted by atomic mass is 10.2. The molecular weight excluding hydrogens is 353 g/mol. The van der Waals surface area contributed by atoms with E-state index in [9.17, 15) is 4.79 Å². The van der Waals surface area contributed by atoms with Crippen LogP contribution in [0.5, 0.6) is 0 Å². The van der Waals surface area contributed by atoms with Gasteiger partial charge in [0.2, 0.25) is 5.91 Å². The highest BCUT2D eigenvalue weighted by atomic mass is 35.5. The van der Waals surface area contributed by atoms with Crippen molar-refractivity contribution in [1.29, 1.82) is 0 Å². The average Bonchev–Trinajstić information content (AvgIpc) is 2.86. The Morgan fingerprint density at radius 3 is 2.75 bits per heavy atom. The molecule has 0 saturated carbocycles. The lowest BCUT2D eigenvalue weighted by molar-refractivity contribution is -0.123. The van der Waals surface area contributed by atoms with Crippen LogP contribution < -0.4 is 11.1 Å². The van der Waals surface area contributed by atoms with Gasteiger partial charge in [0.15, 0.2) is 0 Å². The Balaban J connectivity index is 0.00000264. The second-order valence-electron chi connectivity index (χ2n) is 6.26. The second kappa shape index (κ2) is 10.9. The summed E-state index contributed by atoms with van der Waals surface area (Å²) in [6, 6.07) is 1.43. The number of nitrogens with one attached hydrogen (secondary N) is 1. The van der Waals surface area contributed by atoms with E-state index in [0.29, 0.717) is 12.5 Å². The predicted molar refractivity (Wildman–Crippen MR) is 98.5 cm³/mol. The molecule has 3 N–H and O–H groups in total. The zero-order valence-electron chi connectivity index (χ0n) is 14.5. The zero-order chi connectivity index (χ0) is 16.1. The summed E-state index contributed by atoms with van der Waals surface area (Å²) >= 11 is 0. The van der Waals surface area contributed by atoms with Gasteiger partial charge in [0.1, 0.15) is 6.04 Å². The largest absolute Gasteiger partial charge is 0.383 e. The van der Waals surface area contributed by atoms with Crippen LogP contribution >= 0.6 is 24.8 Å². The topological polar surface area (TPSA) is 85.4 Å². The molecule has 1 aromatic heterocycles. The third-order valence-electron chi connectivity index (χ3n) is 3.68. The molecule has 1 aromatic rings. The fourth-order valence-electron chi connectivity index (χ4n) is 2.70. The van der Waals surface area contributed by atoms with E-state index < -0.39 is 6.04 Å². The normalized spacial score (nSPS) is 15.2. The van der Waals surface area contributed by atoms with Crippen LogP contribution in [0.4, 0.5) is 0 Å². The monoisotopic (exact) mass is 381 g/mol. The molecule has 2 heterocycles. The van der Waals surface area contributed by atoms with Crippen LogP contribution in [0, 0.1) is 5.92 Å². The maximum absolute atomic E-state index is 11.8. The van der Waals surface area contributed by atoms with Crippen molar-refractivity contribution in [3.63, 3.8) is 0 Å². The molecule has 0 aliphatic carbocycles. The van der Waals surface area contributed by atoms with Crippen LogP contribution in [0.3, 0.4) is 0 Å². The SMILES string of the molecule is COC[C@@H](N)C(=O)NCc1cc2n(n1)CCN(CC(C)C)C2.Cl.Cl. The van der Waals surface area contributed by atoms with Gasteiger partial charge < -0.3 is 15.8 Å². The fraction of sp³-hybridized carbons (Fsp3) is 0.733. The average molecular weight is 382 g/mol. The van der Waals surface area contributed by atoms with Crippen molar-refractivity contribution < 1.29 is 9.53 Å². The summed E-state index contributed by atoms with van der Waals surface area (Å²) in [6.45, 7) is 9.03. The van der Waals surface area contributed by atoms with Gasteiger partial charge in [-0.3, -0.25) is 14.4 Å². The molecule has 0 saturated heterocycles. The van der Waals surface area contributed by atoms with Crippen molar-refractivity contribution in [3.05, 3.63) is 17.5 Å². The van der Waals surface area contributed by atoms with Crippen molar-refractivity contribution in [1.82, 2.24) is 20.0 Å². The molecule has 0 radical (unpaired) electrons. The summed E-state index contributed by atoms with van der Waals surface area (Å²) < 4.78 is 6.91. The molecule has 1 atom stereocenters. The van der Waals surface area contributed by atoms with Crippen LogP contribution in [0.25, 0.3) is 0 Å². The molecule has 9 heteroatoms. The number of nitrogens with two attached hydrogens (primary N) is 1. The van der Waals surface area contributed by atoms with E-state index in [1.807, 2.05) is 4.68 Å². The number of rotatable bonds is 7. The summed E-state index contributed by atoms with van der Waals surface area (Å²) in [4.78, 5) is 14.2. The highest BCUT2D eigenvalue weighted by Crippen LogP contribution is 2.15. The number of amides is 1. The third-order valence-corrected chi connectivity index (χ3v) is 3.68. The number of methoxy groups -OCH3 is 1. The smallest absolute Gasteiger partial charge is 0.239 e. The number of aromatic nitrogens is 2. The van der Waals surface area contributed by atoms with Crippen molar-refractivity contribution in [2.75, 3.05) is 26.8 Å². The predicted octanol–water partition coefficient (Wildman–Crippen LogP) is 0.788. The van der Waals surface area contributed by atoms with Gasteiger partial charge in [0.25, 0.3) is 0 Å². The highest BCUT2D eigenvalue weighted by Gasteiger charge is 2.19. The first-order valence-corrected chi connectivity index (χ1v) is 7.79. The highest BCUT2D eigenvalue weighted by molar-refractivity contribution is 5.85. The van der Waals surface area contributed by atoms with Gasteiger partial charge in [0.05, 0.1) is 31.1 Å². The Bertz CT molecular complexity index is 510. The maximum Gasteiger partial charge on any atom is 0.239 e. The van der Waals surface area contributed by atoms with E-state index in [2.05, 4.69) is 35.2 Å². The van der Waals surface area contributed by atoms with E-state index in [4.69, 9.17) is 10.5 Å². The summed E-state index contributed by atoms with van der Waals surface area (Å²) in [6.07, 6.45) is 0. The first-order valence-electron chi connectivity index (χ1n) is 7.79. The molecule has 0 aromatic carbocycles. The molecule has 0 fully saturated rings. The first-order chi connectivity index (χ1) is 10.5. The molecule has 0 spiro atoms. The Morgan fingerprint density at radius 1 is 1.42 bits per heavy atom. The molecule has 1 amide bonds. The van der Waals surface area contributed by atoms with Crippen LogP contribution in [0.15, 0.2) is 6.07 Å². The summed E-state index contributed by atoms with van der Waals surface area (Å²) in [5.74, 6) is 0.449. The quantitative estimate of drug-likeness (QED) is 0.728. The maximum atomic E-state index is 11.8. The molecular formula is C15H29Cl2N5O2. The number of fused-ring (bicyclic) bond motifs is 1. The van der Waals surface area contributed by atoms with Crippen molar-refractivity contribution in [2.45, 2.75) is 39.5 Å². The van der Waals surface area contributed by atoms with Gasteiger partial charge in [-0.15, -0.1) is 24.8 Å². The number of ether oxygens (including phenoxy) is 1. The van der Waals surface area contributed by atoms with Gasteiger partial charge in [-0.1, -0.05) is 13.8 Å². The number of carbonyl (C=O) groups is 1. The molecule has 140 valence electrons. The first kappa shape index (κ1) is 23.1. The minimum absolute atomic E-state index is 0. The Morgan fingerprint density at radius 2 is 2.12 bits per heavy atom. The molecule has 1 aliphatic rings. The van der Waals surface area contributed by atoms with E-state index in [1.165, 1.54) is 12.8 Å². The summed E-state index contributed by atoms with van der Waals surface area (Å²) in [5.41, 5.74) is 7.76. The Kier molecular flexibility index (Phi) is 10.5. The number of halogens is 2. The lowest BCUT2D eigenvalue weighted by Crippen LogP contribution is -2.43. The zero-order valence-corrected chi connectivity index (χ0v) is 16.2. The van der Waals surface area contributed by atoms with E-state index >= 15 is 0 Å². The molecule has 2 rings (SSSR count). The summed E-state index contributed by atoms with van der Waals surface area (Å²) in [5, 5.41) is 7.35. The molecule has 1 aliphatic heterocycles. The minimum Gasteiger partial charge on any atom is -0.383 e. The minimum atomic E-state index is -0.635. The van der Waals surface area contributed by atoms with Crippen LogP contribution in [0.2, 0.25) is 0 Å². The molecule has 24 heavy (non-hydrogen) atoms. The van der Waals surface area contributed by atoms with Gasteiger partial charge in [-0.2, -0.15) is 5.10 Å². The lowest BCUT2D eigenvalue weighted by Gasteiger charge is -2.28. The Hall–Kier alpha value is -0.860. The standard InChI is InChI=1S/C15H27N5O2.2ClH/c1-11(2)8-19-4-5-20-13(9-19)6-12(18-20)7-17-15(21)14(16)10-22-3;;/h6,11,14H,4-5,7-10,16H2,1-3H3,(H,17,21);2*1H/t14-;;/m1../s1. The van der Waals surface area contributed by atoms with E-state index in [1.54, 1.807) is 0 Å². The van der Waals surface area contributed by atoms with Crippen LogP contribution in [0.1, 0.15) is 25.2 Å². The van der Waals surface area contributed by atoms with E-state index in [-0.39, 0.29) is 37.3 Å².